The van der Waals surface area contributed by atoms with E-state index in [1.807, 2.05) is 6.92 Å². The fraction of sp³-hybridized carbons (Fsp3) is 0.167. The number of anilines is 1. The van der Waals surface area contributed by atoms with Crippen molar-refractivity contribution in [3.63, 3.8) is 0 Å². The van der Waals surface area contributed by atoms with Gasteiger partial charge in [0.15, 0.2) is 5.65 Å². The van der Waals surface area contributed by atoms with Crippen LogP contribution in [0.3, 0.4) is 0 Å². The first-order valence-electron chi connectivity index (χ1n) is 7.98. The lowest BCUT2D eigenvalue weighted by Crippen LogP contribution is -2.28. The molecule has 2 amide bonds. The van der Waals surface area contributed by atoms with E-state index >= 15 is 0 Å². The quantitative estimate of drug-likeness (QED) is 0.700. The summed E-state index contributed by atoms with van der Waals surface area (Å²) in [6.45, 7) is 2.35. The monoisotopic (exact) mass is 351 g/mol. The molecule has 2 heterocycles. The number of nitrogens with one attached hydrogen (secondary N) is 2. The first kappa shape index (κ1) is 17.3. The van der Waals surface area contributed by atoms with Crippen molar-refractivity contribution in [2.75, 3.05) is 19.0 Å². The fourth-order valence-corrected chi connectivity index (χ4v) is 2.32. The van der Waals surface area contributed by atoms with Gasteiger partial charge in [-0.2, -0.15) is 0 Å². The van der Waals surface area contributed by atoms with Gasteiger partial charge in [-0.1, -0.05) is 12.1 Å². The average Bonchev–Trinajstić information content (AvgIpc) is 2.67. The van der Waals surface area contributed by atoms with Crippen LogP contribution < -0.4 is 10.6 Å². The van der Waals surface area contributed by atoms with Crippen LogP contribution in [0.15, 0.2) is 42.6 Å². The summed E-state index contributed by atoms with van der Waals surface area (Å²) in [5.74, 6) is -0.0141. The molecule has 0 bridgehead atoms. The Labute approximate surface area is 149 Å². The first-order chi connectivity index (χ1) is 12.6. The standard InChI is InChI=1S/C18H17N5O3/c1-3-19-18(25)23-15-9-8-13-16(22-15)21-14(10-20-13)11-4-6-12(7-5-11)17(24)26-2/h4-10H,3H2,1-2H3,(H2,19,21,22,23,25). The highest BCUT2D eigenvalue weighted by Gasteiger charge is 2.09. The number of pyridine rings is 1. The van der Waals surface area contributed by atoms with Gasteiger partial charge in [0.05, 0.1) is 24.6 Å². The third-order valence-electron chi connectivity index (χ3n) is 3.59. The van der Waals surface area contributed by atoms with Crippen LogP contribution in [-0.2, 0) is 4.74 Å². The summed E-state index contributed by atoms with van der Waals surface area (Å²) >= 11 is 0. The molecule has 8 heteroatoms. The van der Waals surface area contributed by atoms with Crippen molar-refractivity contribution in [2.45, 2.75) is 6.92 Å². The lowest BCUT2D eigenvalue weighted by atomic mass is 10.1. The molecule has 132 valence electrons. The molecule has 0 atom stereocenters. The molecule has 0 spiro atoms. The molecular formula is C18H17N5O3. The largest absolute Gasteiger partial charge is 0.465 e. The molecule has 0 saturated heterocycles. The van der Waals surface area contributed by atoms with Crippen LogP contribution in [0.4, 0.5) is 10.6 Å². The second-order valence-corrected chi connectivity index (χ2v) is 5.35. The van der Waals surface area contributed by atoms with Gasteiger partial charge >= 0.3 is 12.0 Å². The number of aromatic nitrogens is 3. The van der Waals surface area contributed by atoms with E-state index in [0.29, 0.717) is 34.8 Å². The van der Waals surface area contributed by atoms with E-state index in [1.54, 1.807) is 42.6 Å². The number of amides is 2. The van der Waals surface area contributed by atoms with Crippen molar-refractivity contribution < 1.29 is 14.3 Å². The van der Waals surface area contributed by atoms with Crippen molar-refractivity contribution in [3.05, 3.63) is 48.2 Å². The number of methoxy groups -OCH3 is 1. The number of fused-ring (bicyclic) bond motifs is 1. The van der Waals surface area contributed by atoms with Crippen LogP contribution in [0.1, 0.15) is 17.3 Å². The Kier molecular flexibility index (Phi) is 5.02. The van der Waals surface area contributed by atoms with Gasteiger partial charge in [0, 0.05) is 12.1 Å². The Hall–Kier alpha value is -3.55. The van der Waals surface area contributed by atoms with Gasteiger partial charge in [-0.05, 0) is 31.2 Å². The highest BCUT2D eigenvalue weighted by molar-refractivity contribution is 5.90. The minimum atomic E-state index is -0.399. The molecule has 26 heavy (non-hydrogen) atoms. The maximum Gasteiger partial charge on any atom is 0.337 e. The molecule has 0 unspecified atom stereocenters. The third-order valence-corrected chi connectivity index (χ3v) is 3.59. The van der Waals surface area contributed by atoms with Crippen LogP contribution in [0, 0.1) is 0 Å². The van der Waals surface area contributed by atoms with Crippen molar-refractivity contribution in [1.82, 2.24) is 20.3 Å². The van der Waals surface area contributed by atoms with Gasteiger partial charge < -0.3 is 10.1 Å². The third kappa shape index (κ3) is 3.75. The summed E-state index contributed by atoms with van der Waals surface area (Å²) in [6, 6.07) is 9.92. The molecule has 0 aliphatic carbocycles. The Morgan fingerprint density at radius 2 is 1.85 bits per heavy atom. The minimum absolute atomic E-state index is 0.332. The molecule has 2 aromatic heterocycles. The van der Waals surface area contributed by atoms with Crippen LogP contribution in [-0.4, -0.2) is 40.6 Å². The van der Waals surface area contributed by atoms with E-state index in [2.05, 4.69) is 30.3 Å². The molecule has 8 nitrogen and oxygen atoms in total. The molecule has 0 fully saturated rings. The second-order valence-electron chi connectivity index (χ2n) is 5.35. The van der Waals surface area contributed by atoms with E-state index in [1.165, 1.54) is 7.11 Å². The zero-order valence-corrected chi connectivity index (χ0v) is 14.3. The summed E-state index contributed by atoms with van der Waals surface area (Å²) < 4.78 is 4.69. The molecule has 1 aromatic carbocycles. The lowest BCUT2D eigenvalue weighted by Gasteiger charge is -2.07. The molecular weight excluding hydrogens is 334 g/mol. The number of hydrogen-bond donors (Lipinski definition) is 2. The van der Waals surface area contributed by atoms with E-state index in [4.69, 9.17) is 0 Å². The number of urea groups is 1. The summed E-state index contributed by atoms with van der Waals surface area (Å²) in [6.07, 6.45) is 1.63. The van der Waals surface area contributed by atoms with Gasteiger partial charge in [0.1, 0.15) is 11.3 Å². The molecule has 0 saturated carbocycles. The number of carbonyl (C=O) groups excluding carboxylic acids is 2. The van der Waals surface area contributed by atoms with Crippen LogP contribution in [0.5, 0.6) is 0 Å². The summed E-state index contributed by atoms with van der Waals surface area (Å²) in [4.78, 5) is 36.3. The predicted octanol–water partition coefficient (Wildman–Crippen LogP) is 2.62. The lowest BCUT2D eigenvalue weighted by molar-refractivity contribution is 0.0600. The Balaban J connectivity index is 1.89. The number of nitrogens with zero attached hydrogens (tertiary/aromatic N) is 3. The van der Waals surface area contributed by atoms with Gasteiger partial charge in [0.25, 0.3) is 0 Å². The van der Waals surface area contributed by atoms with Crippen molar-refractivity contribution >= 4 is 29.0 Å². The highest BCUT2D eigenvalue weighted by Crippen LogP contribution is 2.20. The number of ether oxygens (including phenoxy) is 1. The Morgan fingerprint density at radius 3 is 2.54 bits per heavy atom. The van der Waals surface area contributed by atoms with E-state index < -0.39 is 5.97 Å². The average molecular weight is 351 g/mol. The molecule has 2 N–H and O–H groups in total. The molecule has 0 aliphatic rings. The number of hydrogen-bond acceptors (Lipinski definition) is 6. The fourth-order valence-electron chi connectivity index (χ4n) is 2.32. The zero-order valence-electron chi connectivity index (χ0n) is 14.3. The Morgan fingerprint density at radius 1 is 1.08 bits per heavy atom. The SMILES string of the molecule is CCNC(=O)Nc1ccc2ncc(-c3ccc(C(=O)OC)cc3)nc2n1. The number of rotatable bonds is 4. The van der Waals surface area contributed by atoms with Crippen molar-refractivity contribution in [2.24, 2.45) is 0 Å². The number of carbonyl (C=O) groups is 2. The van der Waals surface area contributed by atoms with Gasteiger partial charge in [-0.25, -0.2) is 19.6 Å². The molecule has 3 rings (SSSR count). The van der Waals surface area contributed by atoms with E-state index in [-0.39, 0.29) is 6.03 Å². The van der Waals surface area contributed by atoms with Crippen LogP contribution in [0.2, 0.25) is 0 Å². The molecule has 3 aromatic rings. The van der Waals surface area contributed by atoms with Gasteiger partial charge in [-0.15, -0.1) is 0 Å². The summed E-state index contributed by atoms with van der Waals surface area (Å²) in [5, 5.41) is 5.27. The number of esters is 1. The maximum atomic E-state index is 11.6. The van der Waals surface area contributed by atoms with Gasteiger partial charge in [-0.3, -0.25) is 10.3 Å². The first-order valence-corrected chi connectivity index (χ1v) is 7.98. The molecule has 0 radical (unpaired) electrons. The van der Waals surface area contributed by atoms with E-state index in [0.717, 1.165) is 5.56 Å². The number of benzene rings is 1. The summed E-state index contributed by atoms with van der Waals surface area (Å²) in [5.41, 5.74) is 2.87. The second kappa shape index (κ2) is 7.56. The topological polar surface area (TPSA) is 106 Å². The zero-order chi connectivity index (χ0) is 18.5. The smallest absolute Gasteiger partial charge is 0.337 e. The van der Waals surface area contributed by atoms with Crippen molar-refractivity contribution in [1.29, 1.82) is 0 Å². The highest BCUT2D eigenvalue weighted by atomic mass is 16.5. The molecule has 0 aliphatic heterocycles. The normalized spacial score (nSPS) is 10.4. The van der Waals surface area contributed by atoms with Crippen molar-refractivity contribution in [3.8, 4) is 11.3 Å². The van der Waals surface area contributed by atoms with Crippen LogP contribution >= 0.6 is 0 Å². The Bertz CT molecular complexity index is 957. The van der Waals surface area contributed by atoms with Gasteiger partial charge in [0.2, 0.25) is 0 Å². The predicted molar refractivity (Wildman–Crippen MR) is 96.8 cm³/mol. The maximum absolute atomic E-state index is 11.6. The van der Waals surface area contributed by atoms with E-state index in [9.17, 15) is 9.59 Å². The van der Waals surface area contributed by atoms with Crippen LogP contribution in [0.25, 0.3) is 22.4 Å². The summed E-state index contributed by atoms with van der Waals surface area (Å²) in [7, 11) is 1.34. The minimum Gasteiger partial charge on any atom is -0.465 e.